The fraction of sp³-hybridized carbons (Fsp3) is 0.200. The average molecular weight is 316 g/mol. The van der Waals surface area contributed by atoms with E-state index in [9.17, 15) is 13.2 Å². The Labute approximate surface area is 125 Å². The van der Waals surface area contributed by atoms with Gasteiger partial charge in [0.15, 0.2) is 0 Å². The second-order valence-corrected chi connectivity index (χ2v) is 4.74. The molecular weight excluding hydrogens is 303 g/mol. The second-order valence-electron chi connectivity index (χ2n) is 4.30. The first-order valence-corrected chi connectivity index (χ1v) is 6.62. The van der Waals surface area contributed by atoms with Gasteiger partial charge in [0.2, 0.25) is 0 Å². The molecule has 0 radical (unpaired) electrons. The lowest BCUT2D eigenvalue weighted by atomic mass is 10.2. The number of nitrogens with one attached hydrogen (secondary N) is 1. The molecule has 2 rings (SSSR count). The van der Waals surface area contributed by atoms with Gasteiger partial charge in [-0.2, -0.15) is 13.2 Å². The van der Waals surface area contributed by atoms with Crippen molar-refractivity contribution in [3.05, 3.63) is 59.1 Å². The first-order chi connectivity index (χ1) is 9.95. The Morgan fingerprint density at radius 1 is 0.952 bits per heavy atom. The minimum absolute atomic E-state index is 0.341. The highest BCUT2D eigenvalue weighted by atomic mass is 35.5. The monoisotopic (exact) mass is 315 g/mol. The average Bonchev–Trinajstić information content (AvgIpc) is 2.45. The first-order valence-electron chi connectivity index (χ1n) is 6.25. The van der Waals surface area contributed by atoms with Gasteiger partial charge in [-0.3, -0.25) is 0 Å². The zero-order chi connectivity index (χ0) is 15.3. The van der Waals surface area contributed by atoms with E-state index < -0.39 is 11.7 Å². The van der Waals surface area contributed by atoms with Crippen molar-refractivity contribution in [2.75, 3.05) is 18.5 Å². The zero-order valence-corrected chi connectivity index (χ0v) is 11.7. The van der Waals surface area contributed by atoms with E-state index in [2.05, 4.69) is 5.32 Å². The molecule has 2 aromatic carbocycles. The van der Waals surface area contributed by atoms with E-state index in [1.165, 1.54) is 12.1 Å². The fourth-order valence-corrected chi connectivity index (χ4v) is 1.80. The Morgan fingerprint density at radius 2 is 1.57 bits per heavy atom. The maximum absolute atomic E-state index is 12.4. The number of benzene rings is 2. The van der Waals surface area contributed by atoms with Gasteiger partial charge >= 0.3 is 6.18 Å². The molecular formula is C15H13ClF3NO. The molecule has 2 nitrogen and oxygen atoms in total. The Bertz CT molecular complexity index is 567. The molecule has 0 atom stereocenters. The van der Waals surface area contributed by atoms with Gasteiger partial charge < -0.3 is 10.1 Å². The fourth-order valence-electron chi connectivity index (χ4n) is 1.67. The summed E-state index contributed by atoms with van der Waals surface area (Å²) < 4.78 is 42.5. The third-order valence-electron chi connectivity index (χ3n) is 2.73. The summed E-state index contributed by atoms with van der Waals surface area (Å²) in [5.74, 6) is 0.404. The van der Waals surface area contributed by atoms with Crippen molar-refractivity contribution in [2.45, 2.75) is 6.18 Å². The highest BCUT2D eigenvalue weighted by Crippen LogP contribution is 2.30. The van der Waals surface area contributed by atoms with E-state index >= 15 is 0 Å². The summed E-state index contributed by atoms with van der Waals surface area (Å²) in [5.41, 5.74) is 0.213. The van der Waals surface area contributed by atoms with Crippen LogP contribution in [0.3, 0.4) is 0 Å². The largest absolute Gasteiger partial charge is 0.492 e. The third kappa shape index (κ3) is 4.86. The van der Waals surface area contributed by atoms with Crippen molar-refractivity contribution in [1.29, 1.82) is 0 Å². The van der Waals surface area contributed by atoms with Crippen LogP contribution in [0.2, 0.25) is 5.02 Å². The lowest BCUT2D eigenvalue weighted by Crippen LogP contribution is -2.11. The van der Waals surface area contributed by atoms with Crippen LogP contribution in [0.15, 0.2) is 48.5 Å². The topological polar surface area (TPSA) is 21.3 Å². The maximum Gasteiger partial charge on any atom is 0.416 e. The third-order valence-corrected chi connectivity index (χ3v) is 2.98. The molecule has 0 unspecified atom stereocenters. The number of alkyl halides is 3. The summed E-state index contributed by atoms with van der Waals surface area (Å²) in [4.78, 5) is 0. The van der Waals surface area contributed by atoms with Gasteiger partial charge in [-0.25, -0.2) is 0 Å². The van der Waals surface area contributed by atoms with Crippen LogP contribution >= 0.6 is 11.6 Å². The maximum atomic E-state index is 12.4. The van der Waals surface area contributed by atoms with Gasteiger partial charge in [-0.05, 0) is 48.5 Å². The van der Waals surface area contributed by atoms with Crippen LogP contribution in [0.5, 0.6) is 5.75 Å². The van der Waals surface area contributed by atoms with Crippen LogP contribution in [0, 0.1) is 0 Å². The van der Waals surface area contributed by atoms with E-state index in [-0.39, 0.29) is 0 Å². The minimum Gasteiger partial charge on any atom is -0.492 e. The van der Waals surface area contributed by atoms with Crippen molar-refractivity contribution >= 4 is 17.3 Å². The molecule has 0 saturated heterocycles. The van der Waals surface area contributed by atoms with E-state index in [1.54, 1.807) is 12.1 Å². The quantitative estimate of drug-likeness (QED) is 0.796. The molecule has 0 saturated carbocycles. The second kappa shape index (κ2) is 6.72. The highest BCUT2D eigenvalue weighted by Gasteiger charge is 2.29. The van der Waals surface area contributed by atoms with Crippen LogP contribution in [0.4, 0.5) is 18.9 Å². The minimum atomic E-state index is -4.32. The van der Waals surface area contributed by atoms with Crippen LogP contribution in [-0.2, 0) is 6.18 Å². The molecule has 0 fully saturated rings. The Balaban J connectivity index is 1.77. The molecule has 21 heavy (non-hydrogen) atoms. The molecule has 0 spiro atoms. The number of halogens is 4. The molecule has 112 valence electrons. The summed E-state index contributed by atoms with van der Waals surface area (Å²) in [7, 11) is 0. The van der Waals surface area contributed by atoms with Crippen molar-refractivity contribution in [2.24, 2.45) is 0 Å². The van der Waals surface area contributed by atoms with Crippen LogP contribution in [0.1, 0.15) is 5.56 Å². The molecule has 0 aromatic heterocycles. The van der Waals surface area contributed by atoms with E-state index in [4.69, 9.17) is 16.3 Å². The summed E-state index contributed by atoms with van der Waals surface area (Å²) in [6.07, 6.45) is -4.32. The molecule has 6 heteroatoms. The van der Waals surface area contributed by atoms with Crippen LogP contribution in [-0.4, -0.2) is 13.2 Å². The molecule has 0 heterocycles. The standard InChI is InChI=1S/C15H13ClF3NO/c16-12-3-5-13(6-4-12)20-9-10-21-14-7-1-11(2-8-14)15(17,18)19/h1-8,20H,9-10H2. The first kappa shape index (κ1) is 15.5. The molecule has 2 aromatic rings. The normalized spacial score (nSPS) is 11.2. The zero-order valence-electron chi connectivity index (χ0n) is 11.0. The predicted molar refractivity (Wildman–Crippen MR) is 76.9 cm³/mol. The SMILES string of the molecule is FC(F)(F)c1ccc(OCCNc2ccc(Cl)cc2)cc1. The number of rotatable bonds is 5. The molecule has 0 aliphatic heterocycles. The number of ether oxygens (including phenoxy) is 1. The van der Waals surface area contributed by atoms with Gasteiger partial charge in [0.25, 0.3) is 0 Å². The van der Waals surface area contributed by atoms with Crippen molar-refractivity contribution in [1.82, 2.24) is 0 Å². The van der Waals surface area contributed by atoms with Gasteiger partial charge in [-0.15, -0.1) is 0 Å². The van der Waals surface area contributed by atoms with Crippen molar-refractivity contribution in [3.63, 3.8) is 0 Å². The van der Waals surface area contributed by atoms with Gasteiger partial charge in [0, 0.05) is 17.3 Å². The lowest BCUT2D eigenvalue weighted by molar-refractivity contribution is -0.137. The van der Waals surface area contributed by atoms with Gasteiger partial charge in [0.05, 0.1) is 5.56 Å². The van der Waals surface area contributed by atoms with Crippen molar-refractivity contribution < 1.29 is 17.9 Å². The molecule has 0 bridgehead atoms. The van der Waals surface area contributed by atoms with E-state index in [0.717, 1.165) is 17.8 Å². The number of anilines is 1. The lowest BCUT2D eigenvalue weighted by Gasteiger charge is -2.10. The summed E-state index contributed by atoms with van der Waals surface area (Å²) in [6.45, 7) is 0.872. The van der Waals surface area contributed by atoms with E-state index in [1.807, 2.05) is 12.1 Å². The summed E-state index contributed by atoms with van der Waals surface area (Å²) in [6, 6.07) is 11.8. The number of hydrogen-bond donors (Lipinski definition) is 1. The molecule has 0 aliphatic carbocycles. The smallest absolute Gasteiger partial charge is 0.416 e. The van der Waals surface area contributed by atoms with Crippen molar-refractivity contribution in [3.8, 4) is 5.75 Å². The number of hydrogen-bond acceptors (Lipinski definition) is 2. The van der Waals surface area contributed by atoms with Crippen LogP contribution in [0.25, 0.3) is 0 Å². The summed E-state index contributed by atoms with van der Waals surface area (Å²) in [5, 5.41) is 3.77. The van der Waals surface area contributed by atoms with E-state index in [0.29, 0.717) is 23.9 Å². The Morgan fingerprint density at radius 3 is 2.14 bits per heavy atom. The van der Waals surface area contributed by atoms with Gasteiger partial charge in [-0.1, -0.05) is 11.6 Å². The highest BCUT2D eigenvalue weighted by molar-refractivity contribution is 6.30. The Kier molecular flexibility index (Phi) is 4.96. The Hall–Kier alpha value is -1.88. The van der Waals surface area contributed by atoms with Gasteiger partial charge in [0.1, 0.15) is 12.4 Å². The predicted octanol–water partition coefficient (Wildman–Crippen LogP) is 4.85. The van der Waals surface area contributed by atoms with Crippen LogP contribution < -0.4 is 10.1 Å². The molecule has 0 aliphatic rings. The summed E-state index contributed by atoms with van der Waals surface area (Å²) >= 11 is 5.77. The molecule has 0 amide bonds. The molecule has 1 N–H and O–H groups in total.